The SMILES string of the molecule is c1ccc([C@H]2Cc3ccccc3C(c3c(P(c4ccccc4)c4ccccc4)ccc4ccccc34)=N2)cc1. The molecule has 0 unspecified atom stereocenters. The van der Waals surface area contributed by atoms with Crippen molar-refractivity contribution in [3.63, 3.8) is 0 Å². The van der Waals surface area contributed by atoms with Gasteiger partial charge >= 0.3 is 0 Å². The molecule has 0 fully saturated rings. The average Bonchev–Trinajstić information content (AvgIpc) is 3.02. The zero-order chi connectivity index (χ0) is 26.0. The van der Waals surface area contributed by atoms with Crippen LogP contribution in [0, 0.1) is 0 Å². The van der Waals surface area contributed by atoms with Crippen LogP contribution in [-0.4, -0.2) is 5.71 Å². The van der Waals surface area contributed by atoms with Crippen molar-refractivity contribution in [2.75, 3.05) is 0 Å². The summed E-state index contributed by atoms with van der Waals surface area (Å²) < 4.78 is 0. The highest BCUT2D eigenvalue weighted by Crippen LogP contribution is 2.39. The number of hydrogen-bond acceptors (Lipinski definition) is 1. The smallest absolute Gasteiger partial charge is 0.0797 e. The number of benzene rings is 6. The van der Waals surface area contributed by atoms with Crippen LogP contribution in [0.5, 0.6) is 0 Å². The third kappa shape index (κ3) is 4.50. The van der Waals surface area contributed by atoms with Crippen LogP contribution in [0.2, 0.25) is 0 Å². The van der Waals surface area contributed by atoms with Crippen LogP contribution in [0.1, 0.15) is 28.3 Å². The maximum Gasteiger partial charge on any atom is 0.0797 e. The fraction of sp³-hybridized carbons (Fsp3) is 0.0541. The predicted molar refractivity (Wildman–Crippen MR) is 168 cm³/mol. The molecule has 0 radical (unpaired) electrons. The van der Waals surface area contributed by atoms with E-state index in [0.717, 1.165) is 12.1 Å². The van der Waals surface area contributed by atoms with Crippen LogP contribution < -0.4 is 15.9 Å². The Kier molecular flexibility index (Phi) is 6.37. The van der Waals surface area contributed by atoms with Gasteiger partial charge < -0.3 is 0 Å². The highest BCUT2D eigenvalue weighted by Gasteiger charge is 2.29. The van der Waals surface area contributed by atoms with Crippen LogP contribution in [0.15, 0.2) is 157 Å². The fourth-order valence-corrected chi connectivity index (χ4v) is 8.22. The van der Waals surface area contributed by atoms with E-state index in [2.05, 4.69) is 152 Å². The minimum absolute atomic E-state index is 0.0857. The molecule has 6 aromatic rings. The number of rotatable bonds is 5. The molecule has 1 aliphatic heterocycles. The number of aliphatic imine (C=N–C) groups is 1. The molecule has 7 rings (SSSR count). The van der Waals surface area contributed by atoms with Crippen LogP contribution in [0.3, 0.4) is 0 Å². The third-order valence-electron chi connectivity index (χ3n) is 7.57. The maximum atomic E-state index is 5.57. The van der Waals surface area contributed by atoms with Crippen LogP contribution in [0.4, 0.5) is 0 Å². The van der Waals surface area contributed by atoms with Crippen molar-refractivity contribution in [2.24, 2.45) is 4.99 Å². The van der Waals surface area contributed by atoms with E-state index >= 15 is 0 Å². The Morgan fingerprint density at radius 1 is 0.538 bits per heavy atom. The molecule has 0 amide bonds. The first kappa shape index (κ1) is 23.8. The summed E-state index contributed by atoms with van der Waals surface area (Å²) in [4.78, 5) is 5.57. The number of hydrogen-bond donors (Lipinski definition) is 0. The minimum atomic E-state index is -0.803. The molecule has 0 aliphatic carbocycles. The second-order valence-electron chi connectivity index (χ2n) is 9.95. The lowest BCUT2D eigenvalue weighted by molar-refractivity contribution is 0.712. The zero-order valence-electron chi connectivity index (χ0n) is 21.6. The Morgan fingerprint density at radius 3 is 1.85 bits per heavy atom. The summed E-state index contributed by atoms with van der Waals surface area (Å²) in [6, 6.07) is 55.1. The van der Waals surface area contributed by atoms with Gasteiger partial charge in [-0.3, -0.25) is 4.99 Å². The van der Waals surface area contributed by atoms with E-state index in [1.165, 1.54) is 48.9 Å². The molecule has 0 aromatic heterocycles. The first-order valence-electron chi connectivity index (χ1n) is 13.5. The Hall–Kier alpha value is -4.32. The van der Waals surface area contributed by atoms with Gasteiger partial charge in [0.15, 0.2) is 0 Å². The van der Waals surface area contributed by atoms with Gasteiger partial charge in [0.25, 0.3) is 0 Å². The van der Waals surface area contributed by atoms with Gasteiger partial charge in [-0.15, -0.1) is 0 Å². The Morgan fingerprint density at radius 2 is 1.13 bits per heavy atom. The van der Waals surface area contributed by atoms with Crippen LogP contribution >= 0.6 is 7.92 Å². The average molecular weight is 518 g/mol. The van der Waals surface area contributed by atoms with Crippen molar-refractivity contribution in [3.8, 4) is 0 Å². The Balaban J connectivity index is 1.55. The molecule has 0 saturated carbocycles. The Bertz CT molecular complexity index is 1740. The zero-order valence-corrected chi connectivity index (χ0v) is 22.5. The first-order valence-corrected chi connectivity index (χ1v) is 14.8. The molecule has 39 heavy (non-hydrogen) atoms. The summed E-state index contributed by atoms with van der Waals surface area (Å²) >= 11 is 0. The molecule has 1 heterocycles. The van der Waals surface area contributed by atoms with E-state index in [-0.39, 0.29) is 6.04 Å². The molecule has 0 spiro atoms. The summed E-state index contributed by atoms with van der Waals surface area (Å²) in [5.41, 5.74) is 6.24. The molecule has 1 nitrogen and oxygen atoms in total. The van der Waals surface area contributed by atoms with E-state index in [9.17, 15) is 0 Å². The lowest BCUT2D eigenvalue weighted by Crippen LogP contribution is -2.28. The summed E-state index contributed by atoms with van der Waals surface area (Å²) in [6.45, 7) is 0. The van der Waals surface area contributed by atoms with Gasteiger partial charge in [-0.1, -0.05) is 152 Å². The highest BCUT2D eigenvalue weighted by molar-refractivity contribution is 7.80. The molecule has 0 N–H and O–H groups in total. The van der Waals surface area contributed by atoms with Gasteiger partial charge in [0, 0.05) is 11.1 Å². The summed E-state index contributed by atoms with van der Waals surface area (Å²) in [5.74, 6) is 0. The Labute approximate surface area is 231 Å². The lowest BCUT2D eigenvalue weighted by Gasteiger charge is -2.28. The second kappa shape index (κ2) is 10.4. The van der Waals surface area contributed by atoms with Crippen molar-refractivity contribution in [1.29, 1.82) is 0 Å². The van der Waals surface area contributed by atoms with Crippen molar-refractivity contribution >= 4 is 40.3 Å². The van der Waals surface area contributed by atoms with Crippen molar-refractivity contribution in [1.82, 2.24) is 0 Å². The van der Waals surface area contributed by atoms with Gasteiger partial charge in [-0.2, -0.15) is 0 Å². The molecule has 1 atom stereocenters. The number of nitrogens with zero attached hydrogens (tertiary/aromatic N) is 1. The second-order valence-corrected chi connectivity index (χ2v) is 12.1. The van der Waals surface area contributed by atoms with E-state index in [4.69, 9.17) is 4.99 Å². The molecular formula is C37H28NP. The largest absolute Gasteiger partial charge is 0.276 e. The van der Waals surface area contributed by atoms with E-state index in [0.29, 0.717) is 0 Å². The van der Waals surface area contributed by atoms with Crippen LogP contribution in [0.25, 0.3) is 10.8 Å². The first-order chi connectivity index (χ1) is 19.4. The molecule has 6 aromatic carbocycles. The van der Waals surface area contributed by atoms with Gasteiger partial charge in [0.1, 0.15) is 0 Å². The van der Waals surface area contributed by atoms with Gasteiger partial charge in [0.05, 0.1) is 11.8 Å². The lowest BCUT2D eigenvalue weighted by atomic mass is 9.86. The van der Waals surface area contributed by atoms with Crippen molar-refractivity contribution in [2.45, 2.75) is 12.5 Å². The van der Waals surface area contributed by atoms with E-state index in [1.54, 1.807) is 0 Å². The number of fused-ring (bicyclic) bond motifs is 2. The van der Waals surface area contributed by atoms with Gasteiger partial charge in [-0.05, 0) is 52.2 Å². The standard InChI is InChI=1S/C37H28NP/c1-4-15-28(16-5-1)34-26-29-17-11-13-23-33(29)37(38-34)36-32-22-12-10-14-27(32)24-25-35(36)39(30-18-6-2-7-19-30)31-20-8-3-9-21-31/h1-25,34H,26H2/t34-/m1/s1. The topological polar surface area (TPSA) is 12.4 Å². The summed E-state index contributed by atoms with van der Waals surface area (Å²) in [7, 11) is -0.803. The summed E-state index contributed by atoms with van der Waals surface area (Å²) in [6.07, 6.45) is 0.913. The quantitative estimate of drug-likeness (QED) is 0.208. The molecule has 186 valence electrons. The molecule has 2 heteroatoms. The highest BCUT2D eigenvalue weighted by atomic mass is 31.1. The van der Waals surface area contributed by atoms with Crippen LogP contribution in [-0.2, 0) is 6.42 Å². The molecule has 0 bridgehead atoms. The summed E-state index contributed by atoms with van der Waals surface area (Å²) in [5, 5.41) is 6.55. The van der Waals surface area contributed by atoms with Gasteiger partial charge in [-0.25, -0.2) is 0 Å². The predicted octanol–water partition coefficient (Wildman–Crippen LogP) is 7.73. The molecule has 1 aliphatic rings. The maximum absolute atomic E-state index is 5.57. The van der Waals surface area contributed by atoms with E-state index < -0.39 is 7.92 Å². The fourth-order valence-electron chi connectivity index (χ4n) is 5.75. The van der Waals surface area contributed by atoms with E-state index in [1.807, 2.05) is 0 Å². The van der Waals surface area contributed by atoms with Gasteiger partial charge in [0.2, 0.25) is 0 Å². The molecule has 0 saturated heterocycles. The minimum Gasteiger partial charge on any atom is -0.276 e. The monoisotopic (exact) mass is 517 g/mol. The molecular weight excluding hydrogens is 489 g/mol. The van der Waals surface area contributed by atoms with Crippen molar-refractivity contribution in [3.05, 3.63) is 174 Å². The third-order valence-corrected chi connectivity index (χ3v) is 10.1. The normalized spacial score (nSPS) is 14.7. The van der Waals surface area contributed by atoms with Crippen molar-refractivity contribution < 1.29 is 0 Å².